The molecule has 0 saturated carbocycles. The van der Waals surface area contributed by atoms with Gasteiger partial charge in [-0.15, -0.1) is 11.8 Å². The average Bonchev–Trinajstić information content (AvgIpc) is 2.61. The van der Waals surface area contributed by atoms with Crippen molar-refractivity contribution in [2.75, 3.05) is 22.1 Å². The van der Waals surface area contributed by atoms with E-state index in [2.05, 4.69) is 5.32 Å². The molecule has 7 heteroatoms. The molecule has 1 amide bonds. The number of aryl methyl sites for hydroxylation is 1. The highest BCUT2D eigenvalue weighted by molar-refractivity contribution is 7.98. The minimum Gasteiger partial charge on any atom is -0.323 e. The molecule has 0 radical (unpaired) electrons. The molecule has 0 bridgehead atoms. The highest BCUT2D eigenvalue weighted by Crippen LogP contribution is 2.26. The number of hydrogen-bond donors (Lipinski definition) is 1. The first kappa shape index (κ1) is 20.3. The van der Waals surface area contributed by atoms with Crippen molar-refractivity contribution in [3.05, 3.63) is 54.1 Å². The van der Waals surface area contributed by atoms with Crippen molar-refractivity contribution in [2.24, 2.45) is 0 Å². The molecule has 140 valence electrons. The van der Waals surface area contributed by atoms with E-state index in [1.807, 2.05) is 43.5 Å². The van der Waals surface area contributed by atoms with Gasteiger partial charge in [0.05, 0.1) is 17.6 Å². The minimum absolute atomic E-state index is 0.378. The molecule has 0 aliphatic heterocycles. The molecule has 0 aliphatic carbocycles. The number of anilines is 2. The molecule has 0 unspecified atom stereocenters. The Morgan fingerprint density at radius 2 is 1.77 bits per heavy atom. The summed E-state index contributed by atoms with van der Waals surface area (Å²) < 4.78 is 25.9. The Hall–Kier alpha value is -1.99. The molecule has 2 aromatic rings. The van der Waals surface area contributed by atoms with Gasteiger partial charge in [-0.05, 0) is 49.4 Å². The van der Waals surface area contributed by atoms with Crippen LogP contribution in [0.4, 0.5) is 11.4 Å². The molecule has 0 heterocycles. The maximum Gasteiger partial charge on any atom is 0.248 e. The van der Waals surface area contributed by atoms with Gasteiger partial charge in [-0.2, -0.15) is 0 Å². The fourth-order valence-corrected chi connectivity index (χ4v) is 4.40. The molecule has 0 spiro atoms. The molecule has 0 saturated heterocycles. The molecule has 1 N–H and O–H groups in total. The topological polar surface area (TPSA) is 66.5 Å². The molecule has 0 fully saturated rings. The lowest BCUT2D eigenvalue weighted by molar-refractivity contribution is -0.116. The molecule has 0 aromatic heterocycles. The first-order chi connectivity index (χ1) is 12.3. The number of carbonyl (C=O) groups excluding carboxylic acids is 1. The third kappa shape index (κ3) is 4.80. The summed E-state index contributed by atoms with van der Waals surface area (Å²) in [5.74, 6) is -0.378. The lowest BCUT2D eigenvalue weighted by atomic mass is 10.1. The molecule has 2 aromatic carbocycles. The second-order valence-electron chi connectivity index (χ2n) is 5.94. The zero-order valence-electron chi connectivity index (χ0n) is 15.4. The van der Waals surface area contributed by atoms with Crippen molar-refractivity contribution < 1.29 is 13.2 Å². The van der Waals surface area contributed by atoms with Crippen LogP contribution in [0.1, 0.15) is 19.4 Å². The van der Waals surface area contributed by atoms with Crippen molar-refractivity contribution in [2.45, 2.75) is 31.2 Å². The number of hydrogen-bond acceptors (Lipinski definition) is 4. The average molecular weight is 393 g/mol. The fourth-order valence-electron chi connectivity index (χ4n) is 2.67. The van der Waals surface area contributed by atoms with Crippen LogP contribution >= 0.6 is 11.8 Å². The fraction of sp³-hybridized carbons (Fsp3) is 0.316. The lowest BCUT2D eigenvalue weighted by Gasteiger charge is -2.28. The van der Waals surface area contributed by atoms with E-state index in [0.717, 1.165) is 27.4 Å². The van der Waals surface area contributed by atoms with Crippen molar-refractivity contribution in [3.63, 3.8) is 0 Å². The Balaban J connectivity index is 2.31. The number of nitrogens with zero attached hydrogens (tertiary/aromatic N) is 1. The monoisotopic (exact) mass is 392 g/mol. The minimum atomic E-state index is -3.62. The van der Waals surface area contributed by atoms with E-state index in [0.29, 0.717) is 11.4 Å². The van der Waals surface area contributed by atoms with E-state index in [1.54, 1.807) is 25.1 Å². The molecular weight excluding hydrogens is 368 g/mol. The predicted molar refractivity (Wildman–Crippen MR) is 109 cm³/mol. The Morgan fingerprint density at radius 1 is 1.15 bits per heavy atom. The van der Waals surface area contributed by atoms with Gasteiger partial charge in [0.1, 0.15) is 6.04 Å². The maximum atomic E-state index is 12.7. The summed E-state index contributed by atoms with van der Waals surface area (Å²) in [5.41, 5.74) is 2.25. The Kier molecular flexibility index (Phi) is 6.72. The van der Waals surface area contributed by atoms with Gasteiger partial charge in [-0.25, -0.2) is 8.42 Å². The van der Waals surface area contributed by atoms with E-state index in [9.17, 15) is 13.2 Å². The maximum absolute atomic E-state index is 12.7. The molecule has 5 nitrogen and oxygen atoms in total. The standard InChI is InChI=1S/C19H24N2O3S2/c1-5-15-10-12-16(13-11-15)21(26(4,23)24)14(2)19(22)20-17-8-6-7-9-18(17)25-3/h6-14H,5H2,1-4H3,(H,20,22)/t14-/m0/s1. The molecule has 0 aliphatic rings. The van der Waals surface area contributed by atoms with Gasteiger partial charge in [0.2, 0.25) is 15.9 Å². The second kappa shape index (κ2) is 8.60. The van der Waals surface area contributed by atoms with E-state index in [1.165, 1.54) is 11.8 Å². The zero-order valence-corrected chi connectivity index (χ0v) is 17.0. The largest absolute Gasteiger partial charge is 0.323 e. The number of carbonyl (C=O) groups is 1. The lowest BCUT2D eigenvalue weighted by Crippen LogP contribution is -2.45. The van der Waals surface area contributed by atoms with Gasteiger partial charge in [0, 0.05) is 4.90 Å². The first-order valence-corrected chi connectivity index (χ1v) is 11.4. The second-order valence-corrected chi connectivity index (χ2v) is 8.65. The number of thioether (sulfide) groups is 1. The van der Waals surface area contributed by atoms with Crippen LogP contribution in [0.2, 0.25) is 0 Å². The summed E-state index contributed by atoms with van der Waals surface area (Å²) in [5, 5.41) is 2.84. The number of benzene rings is 2. The van der Waals surface area contributed by atoms with Crippen LogP contribution < -0.4 is 9.62 Å². The van der Waals surface area contributed by atoms with Crippen LogP contribution in [0.5, 0.6) is 0 Å². The van der Waals surface area contributed by atoms with E-state index in [-0.39, 0.29) is 5.91 Å². The van der Waals surface area contributed by atoms with Gasteiger partial charge in [-0.3, -0.25) is 9.10 Å². The van der Waals surface area contributed by atoms with Crippen LogP contribution in [0.25, 0.3) is 0 Å². The van der Waals surface area contributed by atoms with Gasteiger partial charge < -0.3 is 5.32 Å². The SMILES string of the molecule is CCc1ccc(N([C@@H](C)C(=O)Nc2ccccc2SC)S(C)(=O)=O)cc1. The third-order valence-electron chi connectivity index (χ3n) is 4.05. The molecule has 26 heavy (non-hydrogen) atoms. The van der Waals surface area contributed by atoms with Gasteiger partial charge in [0.15, 0.2) is 0 Å². The quantitative estimate of drug-likeness (QED) is 0.729. The number of nitrogens with one attached hydrogen (secondary N) is 1. The molecular formula is C19H24N2O3S2. The number of rotatable bonds is 7. The normalized spacial score (nSPS) is 12.5. The Morgan fingerprint density at radius 3 is 2.31 bits per heavy atom. The van der Waals surface area contributed by atoms with Crippen LogP contribution in [0, 0.1) is 0 Å². The van der Waals surface area contributed by atoms with Crippen LogP contribution in [0.15, 0.2) is 53.4 Å². The number of para-hydroxylation sites is 1. The summed E-state index contributed by atoms with van der Waals surface area (Å²) in [7, 11) is -3.62. The van der Waals surface area contributed by atoms with E-state index < -0.39 is 16.1 Å². The molecule has 2 rings (SSSR count). The van der Waals surface area contributed by atoms with Crippen molar-refractivity contribution >= 4 is 39.1 Å². The summed E-state index contributed by atoms with van der Waals surface area (Å²) >= 11 is 1.52. The molecule has 1 atom stereocenters. The van der Waals surface area contributed by atoms with E-state index >= 15 is 0 Å². The van der Waals surface area contributed by atoms with Crippen molar-refractivity contribution in [1.82, 2.24) is 0 Å². The van der Waals surface area contributed by atoms with Crippen molar-refractivity contribution in [3.8, 4) is 0 Å². The first-order valence-electron chi connectivity index (χ1n) is 8.30. The van der Waals surface area contributed by atoms with Crippen LogP contribution in [-0.4, -0.2) is 32.9 Å². The zero-order chi connectivity index (χ0) is 19.3. The van der Waals surface area contributed by atoms with Gasteiger partial charge in [-0.1, -0.05) is 31.2 Å². The summed E-state index contributed by atoms with van der Waals surface area (Å²) in [6, 6.07) is 13.8. The predicted octanol–water partition coefficient (Wildman–Crippen LogP) is 3.76. The Labute approximate surface area is 159 Å². The van der Waals surface area contributed by atoms with E-state index in [4.69, 9.17) is 0 Å². The smallest absolute Gasteiger partial charge is 0.248 e. The third-order valence-corrected chi connectivity index (χ3v) is 6.09. The Bertz CT molecular complexity index is 865. The number of sulfonamides is 1. The van der Waals surface area contributed by atoms with Crippen molar-refractivity contribution in [1.29, 1.82) is 0 Å². The van der Waals surface area contributed by atoms with Crippen LogP contribution in [-0.2, 0) is 21.2 Å². The highest BCUT2D eigenvalue weighted by atomic mass is 32.2. The number of amides is 1. The summed E-state index contributed by atoms with van der Waals surface area (Å²) in [4.78, 5) is 13.7. The van der Waals surface area contributed by atoms with Gasteiger partial charge >= 0.3 is 0 Å². The highest BCUT2D eigenvalue weighted by Gasteiger charge is 2.29. The summed E-state index contributed by atoms with van der Waals surface area (Å²) in [6.45, 7) is 3.62. The van der Waals surface area contributed by atoms with Crippen LogP contribution in [0.3, 0.4) is 0 Å². The van der Waals surface area contributed by atoms with Gasteiger partial charge in [0.25, 0.3) is 0 Å². The summed E-state index contributed by atoms with van der Waals surface area (Å²) in [6.07, 6.45) is 3.90.